The van der Waals surface area contributed by atoms with Crippen LogP contribution in [0.4, 0.5) is 15.9 Å². The summed E-state index contributed by atoms with van der Waals surface area (Å²) in [4.78, 5) is 4.19. The van der Waals surface area contributed by atoms with Gasteiger partial charge in [-0.2, -0.15) is 0 Å². The first-order valence-corrected chi connectivity index (χ1v) is 7.61. The number of hydrogen-bond donors (Lipinski definition) is 2. The molecule has 0 radical (unpaired) electrons. The van der Waals surface area contributed by atoms with Gasteiger partial charge in [-0.3, -0.25) is 0 Å². The van der Waals surface area contributed by atoms with Crippen LogP contribution in [0.5, 0.6) is 5.75 Å². The number of aromatic nitrogens is 1. The second kappa shape index (κ2) is 7.46. The normalized spacial score (nSPS) is 10.4. The standard InChI is InChI=1S/C19H18FN3O/c20-16-4-1-3-15(11-16)13-24-17-8-6-14(7-9-17)12-23-19-18(21)5-2-10-22-19/h1-11H,12-13,21H2,(H,22,23). The van der Waals surface area contributed by atoms with Crippen LogP contribution >= 0.6 is 0 Å². The van der Waals surface area contributed by atoms with Crippen molar-refractivity contribution in [1.82, 2.24) is 4.98 Å². The lowest BCUT2D eigenvalue weighted by atomic mass is 10.2. The number of rotatable bonds is 6. The van der Waals surface area contributed by atoms with Crippen molar-refractivity contribution in [3.05, 3.63) is 83.8 Å². The van der Waals surface area contributed by atoms with Gasteiger partial charge in [-0.25, -0.2) is 9.37 Å². The largest absolute Gasteiger partial charge is 0.489 e. The van der Waals surface area contributed by atoms with E-state index in [1.54, 1.807) is 24.4 Å². The SMILES string of the molecule is Nc1cccnc1NCc1ccc(OCc2cccc(F)c2)cc1. The van der Waals surface area contributed by atoms with Crippen molar-refractivity contribution in [2.24, 2.45) is 0 Å². The maximum Gasteiger partial charge on any atom is 0.149 e. The molecule has 1 aromatic heterocycles. The number of halogens is 1. The number of hydrogen-bond acceptors (Lipinski definition) is 4. The molecule has 3 N–H and O–H groups in total. The summed E-state index contributed by atoms with van der Waals surface area (Å²) in [6, 6.07) is 17.7. The summed E-state index contributed by atoms with van der Waals surface area (Å²) in [6.07, 6.45) is 1.70. The number of pyridine rings is 1. The Bertz CT molecular complexity index is 806. The highest BCUT2D eigenvalue weighted by molar-refractivity contribution is 5.60. The first kappa shape index (κ1) is 15.8. The number of ether oxygens (including phenoxy) is 1. The van der Waals surface area contributed by atoms with E-state index in [9.17, 15) is 4.39 Å². The van der Waals surface area contributed by atoms with Gasteiger partial charge < -0.3 is 15.8 Å². The van der Waals surface area contributed by atoms with Crippen molar-refractivity contribution in [1.29, 1.82) is 0 Å². The Morgan fingerprint density at radius 1 is 1.00 bits per heavy atom. The van der Waals surface area contributed by atoms with E-state index in [0.717, 1.165) is 16.9 Å². The van der Waals surface area contributed by atoms with Gasteiger partial charge in [-0.1, -0.05) is 24.3 Å². The Labute approximate surface area is 140 Å². The van der Waals surface area contributed by atoms with Crippen molar-refractivity contribution in [3.63, 3.8) is 0 Å². The number of nitrogens with zero attached hydrogens (tertiary/aromatic N) is 1. The maximum atomic E-state index is 13.1. The van der Waals surface area contributed by atoms with Gasteiger partial charge in [0.2, 0.25) is 0 Å². The summed E-state index contributed by atoms with van der Waals surface area (Å²) in [5.74, 6) is 1.15. The molecular weight excluding hydrogens is 305 g/mol. The first-order chi connectivity index (χ1) is 11.7. The maximum absolute atomic E-state index is 13.1. The molecule has 122 valence electrons. The molecule has 3 aromatic rings. The molecule has 24 heavy (non-hydrogen) atoms. The average molecular weight is 323 g/mol. The minimum Gasteiger partial charge on any atom is -0.489 e. The van der Waals surface area contributed by atoms with Gasteiger partial charge in [0.15, 0.2) is 0 Å². The summed E-state index contributed by atoms with van der Waals surface area (Å²) in [7, 11) is 0. The topological polar surface area (TPSA) is 60.2 Å². The number of anilines is 2. The molecule has 0 saturated heterocycles. The number of nitrogen functional groups attached to an aromatic ring is 1. The van der Waals surface area contributed by atoms with E-state index in [1.165, 1.54) is 12.1 Å². The molecule has 0 aliphatic carbocycles. The van der Waals surface area contributed by atoms with Crippen LogP contribution in [0.25, 0.3) is 0 Å². The Balaban J connectivity index is 1.54. The van der Waals surface area contributed by atoms with Crippen LogP contribution in [0.1, 0.15) is 11.1 Å². The summed E-state index contributed by atoms with van der Waals surface area (Å²) >= 11 is 0. The molecule has 0 saturated carbocycles. The quantitative estimate of drug-likeness (QED) is 0.720. The lowest BCUT2D eigenvalue weighted by Gasteiger charge is -2.09. The van der Waals surface area contributed by atoms with E-state index in [2.05, 4.69) is 10.3 Å². The molecule has 5 heteroatoms. The zero-order chi connectivity index (χ0) is 16.8. The van der Waals surface area contributed by atoms with Gasteiger partial charge >= 0.3 is 0 Å². The first-order valence-electron chi connectivity index (χ1n) is 7.61. The molecule has 2 aromatic carbocycles. The summed E-state index contributed by atoms with van der Waals surface area (Å²) in [5.41, 5.74) is 8.34. The van der Waals surface area contributed by atoms with Crippen molar-refractivity contribution in [2.45, 2.75) is 13.2 Å². The highest BCUT2D eigenvalue weighted by atomic mass is 19.1. The van der Waals surface area contributed by atoms with Crippen LogP contribution in [-0.4, -0.2) is 4.98 Å². The molecule has 0 atom stereocenters. The molecule has 0 aliphatic heterocycles. The molecule has 0 fully saturated rings. The zero-order valence-electron chi connectivity index (χ0n) is 13.1. The van der Waals surface area contributed by atoms with Gasteiger partial charge in [0.1, 0.15) is 24.0 Å². The number of nitrogens with two attached hydrogens (primary N) is 1. The summed E-state index contributed by atoms with van der Waals surface area (Å²) in [6.45, 7) is 0.950. The second-order valence-corrected chi connectivity index (χ2v) is 5.36. The monoisotopic (exact) mass is 323 g/mol. The van der Waals surface area contributed by atoms with Gasteiger partial charge in [0.05, 0.1) is 5.69 Å². The second-order valence-electron chi connectivity index (χ2n) is 5.36. The Hall–Kier alpha value is -3.08. The Morgan fingerprint density at radius 3 is 2.58 bits per heavy atom. The molecule has 3 rings (SSSR count). The molecule has 1 heterocycles. The molecule has 0 bridgehead atoms. The van der Waals surface area contributed by atoms with Crippen LogP contribution in [0.3, 0.4) is 0 Å². The minimum absolute atomic E-state index is 0.258. The van der Waals surface area contributed by atoms with Crippen LogP contribution in [-0.2, 0) is 13.2 Å². The van der Waals surface area contributed by atoms with E-state index in [1.807, 2.05) is 30.3 Å². The summed E-state index contributed by atoms with van der Waals surface area (Å²) < 4.78 is 18.8. The highest BCUT2D eigenvalue weighted by Gasteiger charge is 2.01. The van der Waals surface area contributed by atoms with Crippen LogP contribution in [0.15, 0.2) is 66.9 Å². The van der Waals surface area contributed by atoms with Crippen molar-refractivity contribution >= 4 is 11.5 Å². The third-order valence-electron chi connectivity index (χ3n) is 3.52. The predicted octanol–water partition coefficient (Wildman–Crippen LogP) is 3.99. The van der Waals surface area contributed by atoms with Crippen molar-refractivity contribution in [2.75, 3.05) is 11.1 Å². The Kier molecular flexibility index (Phi) is 4.91. The summed E-state index contributed by atoms with van der Waals surface area (Å²) in [5, 5.41) is 3.19. The van der Waals surface area contributed by atoms with Gasteiger partial charge in [-0.05, 0) is 47.5 Å². The number of nitrogens with one attached hydrogen (secondary N) is 1. The van der Waals surface area contributed by atoms with E-state index < -0.39 is 0 Å². The third kappa shape index (κ3) is 4.23. The average Bonchev–Trinajstić information content (AvgIpc) is 2.60. The molecule has 0 amide bonds. The molecule has 0 spiro atoms. The molecular formula is C19H18FN3O. The number of benzene rings is 2. The van der Waals surface area contributed by atoms with Crippen LogP contribution in [0, 0.1) is 5.82 Å². The Morgan fingerprint density at radius 2 is 1.83 bits per heavy atom. The fourth-order valence-corrected chi connectivity index (χ4v) is 2.25. The lowest BCUT2D eigenvalue weighted by molar-refractivity contribution is 0.305. The fourth-order valence-electron chi connectivity index (χ4n) is 2.25. The lowest BCUT2D eigenvalue weighted by Crippen LogP contribution is -2.04. The fraction of sp³-hybridized carbons (Fsp3) is 0.105. The van der Waals surface area contributed by atoms with Crippen LogP contribution < -0.4 is 15.8 Å². The minimum atomic E-state index is -0.258. The molecule has 4 nitrogen and oxygen atoms in total. The zero-order valence-corrected chi connectivity index (χ0v) is 13.1. The predicted molar refractivity (Wildman–Crippen MR) is 93.2 cm³/mol. The van der Waals surface area contributed by atoms with E-state index >= 15 is 0 Å². The van der Waals surface area contributed by atoms with E-state index in [4.69, 9.17) is 10.5 Å². The van der Waals surface area contributed by atoms with Gasteiger partial charge in [-0.15, -0.1) is 0 Å². The third-order valence-corrected chi connectivity index (χ3v) is 3.52. The molecule has 0 aliphatic rings. The van der Waals surface area contributed by atoms with E-state index in [-0.39, 0.29) is 5.82 Å². The van der Waals surface area contributed by atoms with Gasteiger partial charge in [0.25, 0.3) is 0 Å². The smallest absolute Gasteiger partial charge is 0.149 e. The van der Waals surface area contributed by atoms with Crippen molar-refractivity contribution < 1.29 is 9.13 Å². The van der Waals surface area contributed by atoms with Crippen LogP contribution in [0.2, 0.25) is 0 Å². The van der Waals surface area contributed by atoms with Gasteiger partial charge in [0, 0.05) is 12.7 Å². The highest BCUT2D eigenvalue weighted by Crippen LogP contribution is 2.17. The molecule has 0 unspecified atom stereocenters. The van der Waals surface area contributed by atoms with E-state index in [0.29, 0.717) is 24.7 Å². The van der Waals surface area contributed by atoms with Crippen molar-refractivity contribution in [3.8, 4) is 5.75 Å².